The molecule has 1 fully saturated rings. The Bertz CT molecular complexity index is 636. The summed E-state index contributed by atoms with van der Waals surface area (Å²) >= 11 is 1.38. The third-order valence-electron chi connectivity index (χ3n) is 3.36. The van der Waals surface area contributed by atoms with E-state index in [0.29, 0.717) is 10.7 Å². The highest BCUT2D eigenvalue weighted by atomic mass is 32.1. The molecule has 116 valence electrons. The third kappa shape index (κ3) is 3.42. The highest BCUT2D eigenvalue weighted by Crippen LogP contribution is 2.27. The van der Waals surface area contributed by atoms with Gasteiger partial charge in [0, 0.05) is 18.7 Å². The molecule has 1 aliphatic heterocycles. The molecule has 0 bridgehead atoms. The first-order chi connectivity index (χ1) is 10.6. The van der Waals surface area contributed by atoms with E-state index in [9.17, 15) is 4.79 Å². The van der Waals surface area contributed by atoms with Gasteiger partial charge >= 0.3 is 0 Å². The van der Waals surface area contributed by atoms with Crippen molar-refractivity contribution in [2.75, 3.05) is 23.3 Å². The third-order valence-corrected chi connectivity index (χ3v) is 4.26. The van der Waals surface area contributed by atoms with Crippen molar-refractivity contribution in [3.63, 3.8) is 0 Å². The van der Waals surface area contributed by atoms with Crippen LogP contribution in [-0.2, 0) is 4.74 Å². The van der Waals surface area contributed by atoms with Gasteiger partial charge in [-0.1, -0.05) is 29.5 Å². The largest absolute Gasteiger partial charge is 0.372 e. The Morgan fingerprint density at radius 1 is 1.23 bits per heavy atom. The van der Waals surface area contributed by atoms with E-state index in [2.05, 4.69) is 20.4 Å². The van der Waals surface area contributed by atoms with Gasteiger partial charge in [-0.15, -0.1) is 10.2 Å². The molecule has 1 saturated heterocycles. The zero-order chi connectivity index (χ0) is 15.5. The molecule has 0 aliphatic carbocycles. The van der Waals surface area contributed by atoms with Gasteiger partial charge in [0.25, 0.3) is 5.91 Å². The molecule has 0 unspecified atom stereocenters. The molecule has 22 heavy (non-hydrogen) atoms. The second kappa shape index (κ2) is 6.41. The summed E-state index contributed by atoms with van der Waals surface area (Å²) in [5, 5.41) is 12.3. The van der Waals surface area contributed by atoms with Crippen LogP contribution in [0.3, 0.4) is 0 Å². The van der Waals surface area contributed by atoms with Crippen LogP contribution in [-0.4, -0.2) is 41.4 Å². The highest BCUT2D eigenvalue weighted by Gasteiger charge is 2.25. The fraction of sp³-hybridized carbons (Fsp3) is 0.400. The van der Waals surface area contributed by atoms with Crippen LogP contribution in [0.4, 0.5) is 10.3 Å². The average molecular weight is 318 g/mol. The molecule has 1 amide bonds. The first-order valence-corrected chi connectivity index (χ1v) is 8.04. The number of hydrogen-bond donors (Lipinski definition) is 1. The number of aromatic nitrogens is 2. The minimum absolute atomic E-state index is 0.162. The summed E-state index contributed by atoms with van der Waals surface area (Å²) in [5.74, 6) is -0.174. The van der Waals surface area contributed by atoms with Crippen molar-refractivity contribution in [1.29, 1.82) is 0 Å². The van der Waals surface area contributed by atoms with Crippen molar-refractivity contribution in [3.8, 4) is 0 Å². The summed E-state index contributed by atoms with van der Waals surface area (Å²) < 4.78 is 5.71. The van der Waals surface area contributed by atoms with E-state index < -0.39 is 0 Å². The van der Waals surface area contributed by atoms with Gasteiger partial charge in [0.05, 0.1) is 12.2 Å². The molecule has 2 heterocycles. The van der Waals surface area contributed by atoms with E-state index in [1.54, 1.807) is 12.1 Å². The van der Waals surface area contributed by atoms with Crippen molar-refractivity contribution in [2.45, 2.75) is 26.1 Å². The summed E-state index contributed by atoms with van der Waals surface area (Å²) in [4.78, 5) is 14.2. The van der Waals surface area contributed by atoms with Gasteiger partial charge in [0.1, 0.15) is 0 Å². The topological polar surface area (TPSA) is 67.4 Å². The molecule has 6 nitrogen and oxygen atoms in total. The molecule has 2 aromatic rings. The molecule has 3 rings (SSSR count). The lowest BCUT2D eigenvalue weighted by atomic mass is 10.2. The Balaban J connectivity index is 1.67. The lowest BCUT2D eigenvalue weighted by Crippen LogP contribution is -2.45. The van der Waals surface area contributed by atoms with Gasteiger partial charge < -0.3 is 9.64 Å². The van der Waals surface area contributed by atoms with Crippen LogP contribution in [0.2, 0.25) is 0 Å². The first-order valence-electron chi connectivity index (χ1n) is 7.22. The van der Waals surface area contributed by atoms with E-state index >= 15 is 0 Å². The standard InChI is InChI=1S/C15H18N4O2S/c1-10-8-19(9-11(2)21-10)15-18-17-14(22-15)16-13(20)12-6-4-3-5-7-12/h3-7,10-11H,8-9H2,1-2H3,(H,16,17,20)/t10-,11-/m1/s1. The van der Waals surface area contributed by atoms with Crippen LogP contribution in [0.1, 0.15) is 24.2 Å². The van der Waals surface area contributed by atoms with E-state index in [1.165, 1.54) is 11.3 Å². The fourth-order valence-corrected chi connectivity index (χ4v) is 3.24. The number of anilines is 2. The molecule has 1 aromatic heterocycles. The van der Waals surface area contributed by atoms with Crippen LogP contribution < -0.4 is 10.2 Å². The number of benzene rings is 1. The van der Waals surface area contributed by atoms with Gasteiger partial charge in [-0.2, -0.15) is 0 Å². The lowest BCUT2D eigenvalue weighted by molar-refractivity contribution is -0.00526. The Morgan fingerprint density at radius 3 is 2.59 bits per heavy atom. The molecular formula is C15H18N4O2S. The second-order valence-electron chi connectivity index (χ2n) is 5.37. The van der Waals surface area contributed by atoms with Crippen LogP contribution in [0, 0.1) is 0 Å². The maximum Gasteiger partial charge on any atom is 0.257 e. The average Bonchev–Trinajstić information content (AvgIpc) is 2.96. The molecule has 0 spiro atoms. The molecule has 2 atom stereocenters. The maximum absolute atomic E-state index is 12.1. The smallest absolute Gasteiger partial charge is 0.257 e. The summed E-state index contributed by atoms with van der Waals surface area (Å²) in [7, 11) is 0. The minimum Gasteiger partial charge on any atom is -0.372 e. The SMILES string of the molecule is C[C@@H]1CN(c2nnc(NC(=O)c3ccccc3)s2)C[C@@H](C)O1. The number of hydrogen-bond acceptors (Lipinski definition) is 6. The second-order valence-corrected chi connectivity index (χ2v) is 6.33. The summed E-state index contributed by atoms with van der Waals surface area (Å²) in [6.07, 6.45) is 0.324. The number of ether oxygens (including phenoxy) is 1. The van der Waals surface area contributed by atoms with Gasteiger partial charge in [-0.3, -0.25) is 10.1 Å². The number of nitrogens with zero attached hydrogens (tertiary/aromatic N) is 3. The highest BCUT2D eigenvalue weighted by molar-refractivity contribution is 7.19. The summed E-state index contributed by atoms with van der Waals surface area (Å²) in [6.45, 7) is 5.65. The number of carbonyl (C=O) groups is 1. The zero-order valence-electron chi connectivity index (χ0n) is 12.5. The van der Waals surface area contributed by atoms with Crippen LogP contribution in [0.15, 0.2) is 30.3 Å². The molecule has 0 radical (unpaired) electrons. The Hall–Kier alpha value is -1.99. The van der Waals surface area contributed by atoms with Crippen LogP contribution >= 0.6 is 11.3 Å². The quantitative estimate of drug-likeness (QED) is 0.941. The predicted molar refractivity (Wildman–Crippen MR) is 86.5 cm³/mol. The normalized spacial score (nSPS) is 21.6. The maximum atomic E-state index is 12.1. The van der Waals surface area contributed by atoms with Gasteiger partial charge in [-0.25, -0.2) is 0 Å². The van der Waals surface area contributed by atoms with Gasteiger partial charge in [0.2, 0.25) is 10.3 Å². The predicted octanol–water partition coefficient (Wildman–Crippen LogP) is 2.40. The van der Waals surface area contributed by atoms with Crippen LogP contribution in [0.5, 0.6) is 0 Å². The first kappa shape index (κ1) is 14.9. The van der Waals surface area contributed by atoms with Crippen molar-refractivity contribution in [1.82, 2.24) is 10.2 Å². The van der Waals surface area contributed by atoms with Crippen molar-refractivity contribution in [2.24, 2.45) is 0 Å². The zero-order valence-corrected chi connectivity index (χ0v) is 13.3. The van der Waals surface area contributed by atoms with Crippen molar-refractivity contribution >= 4 is 27.5 Å². The summed E-state index contributed by atoms with van der Waals surface area (Å²) in [6, 6.07) is 9.07. The Kier molecular flexibility index (Phi) is 4.35. The van der Waals surface area contributed by atoms with E-state index in [1.807, 2.05) is 32.0 Å². The molecule has 1 N–H and O–H groups in total. The Labute approximate surface area is 133 Å². The van der Waals surface area contributed by atoms with Crippen LogP contribution in [0.25, 0.3) is 0 Å². The minimum atomic E-state index is -0.174. The molecular weight excluding hydrogens is 300 g/mol. The number of rotatable bonds is 3. The number of nitrogens with one attached hydrogen (secondary N) is 1. The molecule has 1 aromatic carbocycles. The number of amides is 1. The fourth-order valence-electron chi connectivity index (χ4n) is 2.49. The molecule has 0 saturated carbocycles. The van der Waals surface area contributed by atoms with Crippen molar-refractivity contribution in [3.05, 3.63) is 35.9 Å². The van der Waals surface area contributed by atoms with Crippen molar-refractivity contribution < 1.29 is 9.53 Å². The lowest BCUT2D eigenvalue weighted by Gasteiger charge is -2.34. The number of carbonyl (C=O) groups excluding carboxylic acids is 1. The monoisotopic (exact) mass is 318 g/mol. The van der Waals surface area contributed by atoms with Gasteiger partial charge in [-0.05, 0) is 26.0 Å². The van der Waals surface area contributed by atoms with E-state index in [0.717, 1.165) is 18.2 Å². The molecule has 1 aliphatic rings. The Morgan fingerprint density at radius 2 is 1.91 bits per heavy atom. The van der Waals surface area contributed by atoms with E-state index in [4.69, 9.17) is 4.74 Å². The van der Waals surface area contributed by atoms with E-state index in [-0.39, 0.29) is 18.1 Å². The van der Waals surface area contributed by atoms with Gasteiger partial charge in [0.15, 0.2) is 0 Å². The number of morpholine rings is 1. The molecule has 7 heteroatoms. The summed E-state index contributed by atoms with van der Waals surface area (Å²) in [5.41, 5.74) is 0.605.